The van der Waals surface area contributed by atoms with Gasteiger partial charge in [-0.3, -0.25) is 4.55 Å². The lowest BCUT2D eigenvalue weighted by molar-refractivity contribution is 0.0732. The smallest absolute Gasteiger partial charge is 0.345 e. The lowest BCUT2D eigenvalue weighted by Gasteiger charge is -2.09. The molecule has 6 nitrogen and oxygen atoms in total. The normalized spacial score (nSPS) is 11.2. The third kappa shape index (κ3) is 4.08. The fraction of sp³-hybridized carbons (Fsp3) is 0. The lowest BCUT2D eigenvalue weighted by Crippen LogP contribution is -2.12. The van der Waals surface area contributed by atoms with Gasteiger partial charge in [0, 0.05) is 7.14 Å². The van der Waals surface area contributed by atoms with Crippen LogP contribution in [-0.4, -0.2) is 24.0 Å². The molecule has 0 spiro atoms. The third-order valence-electron chi connectivity index (χ3n) is 2.56. The zero-order valence-electron chi connectivity index (χ0n) is 10.7. The molecule has 116 valence electrons. The maximum atomic E-state index is 12.2. The Kier molecular flexibility index (Phi) is 5.29. The highest BCUT2D eigenvalue weighted by Gasteiger charge is 2.18. The predicted molar refractivity (Wildman–Crippen MR) is 94.8 cm³/mol. The van der Waals surface area contributed by atoms with Gasteiger partial charge in [-0.15, -0.1) is 0 Å². The lowest BCUT2D eigenvalue weighted by atomic mass is 10.2. The van der Waals surface area contributed by atoms with Gasteiger partial charge < -0.3 is 9.84 Å². The number of carbonyl (C=O) groups excluding carboxylic acids is 1. The van der Waals surface area contributed by atoms with Crippen molar-refractivity contribution in [3.05, 3.63) is 49.1 Å². The van der Waals surface area contributed by atoms with E-state index in [4.69, 9.17) is 9.29 Å². The van der Waals surface area contributed by atoms with E-state index < -0.39 is 16.1 Å². The zero-order chi connectivity index (χ0) is 16.5. The van der Waals surface area contributed by atoms with Gasteiger partial charge in [0.2, 0.25) is 0 Å². The second kappa shape index (κ2) is 6.68. The van der Waals surface area contributed by atoms with Crippen LogP contribution in [-0.2, 0) is 10.1 Å². The van der Waals surface area contributed by atoms with Crippen LogP contribution in [0.15, 0.2) is 41.3 Å². The Morgan fingerprint density at radius 3 is 2.00 bits per heavy atom. The van der Waals surface area contributed by atoms with Crippen LogP contribution >= 0.6 is 45.2 Å². The molecule has 0 fully saturated rings. The molecule has 0 aromatic heterocycles. The van der Waals surface area contributed by atoms with Crippen LogP contribution in [0.4, 0.5) is 0 Å². The minimum Gasteiger partial charge on any atom is -0.508 e. The molecule has 0 unspecified atom stereocenters. The standard InChI is InChI=1S/C13H8I2O6S/c14-10-5-7(16)6-11(15)12(10)13(17)21-8-1-3-9(4-2-8)22(18,19)20/h1-6,16H,(H,18,19,20). The van der Waals surface area contributed by atoms with E-state index in [-0.39, 0.29) is 16.4 Å². The first-order chi connectivity index (χ1) is 10.2. The molecular weight excluding hydrogens is 538 g/mol. The summed E-state index contributed by atoms with van der Waals surface area (Å²) in [6, 6.07) is 7.65. The fourth-order valence-corrected chi connectivity index (χ4v) is 4.25. The molecule has 0 heterocycles. The van der Waals surface area contributed by atoms with Gasteiger partial charge >= 0.3 is 5.97 Å². The second-order valence-corrected chi connectivity index (χ2v) is 7.87. The number of carbonyl (C=O) groups is 1. The monoisotopic (exact) mass is 546 g/mol. The Balaban J connectivity index is 2.26. The summed E-state index contributed by atoms with van der Waals surface area (Å²) in [6.07, 6.45) is 0. The molecule has 2 N–H and O–H groups in total. The number of hydrogen-bond acceptors (Lipinski definition) is 5. The Bertz CT molecular complexity index is 807. The first kappa shape index (κ1) is 17.4. The molecule has 0 aliphatic carbocycles. The molecule has 2 aromatic carbocycles. The van der Waals surface area contributed by atoms with Gasteiger partial charge in [-0.05, 0) is 81.6 Å². The number of aromatic hydroxyl groups is 1. The molecule has 22 heavy (non-hydrogen) atoms. The first-order valence-corrected chi connectivity index (χ1v) is 9.26. The Labute approximate surface area is 153 Å². The molecule has 0 amide bonds. The van der Waals surface area contributed by atoms with Crippen molar-refractivity contribution in [1.29, 1.82) is 0 Å². The third-order valence-corrected chi connectivity index (χ3v) is 5.13. The summed E-state index contributed by atoms with van der Waals surface area (Å²) >= 11 is 3.81. The van der Waals surface area contributed by atoms with Crippen LogP contribution in [0.5, 0.6) is 11.5 Å². The minimum absolute atomic E-state index is 0.0443. The van der Waals surface area contributed by atoms with Crippen molar-refractivity contribution in [1.82, 2.24) is 0 Å². The molecule has 9 heteroatoms. The average molecular weight is 546 g/mol. The first-order valence-electron chi connectivity index (χ1n) is 5.66. The molecular formula is C13H8I2O6S. The molecule has 0 aliphatic rings. The van der Waals surface area contributed by atoms with Crippen molar-refractivity contribution in [3.63, 3.8) is 0 Å². The van der Waals surface area contributed by atoms with Crippen molar-refractivity contribution in [2.24, 2.45) is 0 Å². The van der Waals surface area contributed by atoms with E-state index in [0.29, 0.717) is 12.7 Å². The Hall–Kier alpha value is -0.920. The summed E-state index contributed by atoms with van der Waals surface area (Å²) in [5, 5.41) is 9.45. The Morgan fingerprint density at radius 2 is 1.55 bits per heavy atom. The van der Waals surface area contributed by atoms with Gasteiger partial charge in [0.1, 0.15) is 11.5 Å². The Morgan fingerprint density at radius 1 is 1.05 bits per heavy atom. The molecule has 0 atom stereocenters. The summed E-state index contributed by atoms with van der Waals surface area (Å²) in [5.41, 5.74) is 0.304. The highest BCUT2D eigenvalue weighted by Crippen LogP contribution is 2.26. The van der Waals surface area contributed by atoms with Gasteiger partial charge in [0.15, 0.2) is 0 Å². The average Bonchev–Trinajstić information content (AvgIpc) is 2.36. The minimum atomic E-state index is -4.29. The molecule has 0 saturated carbocycles. The molecule has 0 aliphatic heterocycles. The van der Waals surface area contributed by atoms with Crippen LogP contribution < -0.4 is 4.74 Å². The van der Waals surface area contributed by atoms with E-state index >= 15 is 0 Å². The SMILES string of the molecule is O=C(Oc1ccc(S(=O)(=O)O)cc1)c1c(I)cc(O)cc1I. The largest absolute Gasteiger partial charge is 0.508 e. The highest BCUT2D eigenvalue weighted by atomic mass is 127. The van der Waals surface area contributed by atoms with Crippen LogP contribution in [0, 0.1) is 7.14 Å². The predicted octanol–water partition coefficient (Wildman–Crippen LogP) is 3.07. The number of hydrogen-bond donors (Lipinski definition) is 2. The summed E-state index contributed by atoms with van der Waals surface area (Å²) in [5.74, 6) is -0.451. The van der Waals surface area contributed by atoms with E-state index in [9.17, 15) is 18.3 Å². The van der Waals surface area contributed by atoms with Crippen molar-refractivity contribution >= 4 is 61.3 Å². The van der Waals surface area contributed by atoms with E-state index in [1.807, 2.05) is 45.2 Å². The molecule has 2 rings (SSSR count). The number of benzene rings is 2. The second-order valence-electron chi connectivity index (χ2n) is 4.12. The van der Waals surface area contributed by atoms with Gasteiger partial charge in [-0.2, -0.15) is 8.42 Å². The van der Waals surface area contributed by atoms with Crippen LogP contribution in [0.2, 0.25) is 0 Å². The van der Waals surface area contributed by atoms with E-state index in [1.54, 1.807) is 0 Å². The molecule has 0 saturated heterocycles. The number of rotatable bonds is 3. The number of esters is 1. The van der Waals surface area contributed by atoms with Gasteiger partial charge in [-0.1, -0.05) is 0 Å². The van der Waals surface area contributed by atoms with Gasteiger partial charge in [0.25, 0.3) is 10.1 Å². The van der Waals surface area contributed by atoms with Crippen LogP contribution in [0.25, 0.3) is 0 Å². The van der Waals surface area contributed by atoms with E-state index in [2.05, 4.69) is 0 Å². The van der Waals surface area contributed by atoms with Crippen molar-refractivity contribution < 1.29 is 27.6 Å². The number of phenolic OH excluding ortho intramolecular Hbond substituents is 1. The van der Waals surface area contributed by atoms with Crippen molar-refractivity contribution in [2.75, 3.05) is 0 Å². The van der Waals surface area contributed by atoms with E-state index in [1.165, 1.54) is 24.3 Å². The van der Waals surface area contributed by atoms with Crippen molar-refractivity contribution in [2.45, 2.75) is 4.90 Å². The van der Waals surface area contributed by atoms with Crippen molar-refractivity contribution in [3.8, 4) is 11.5 Å². The van der Waals surface area contributed by atoms with Gasteiger partial charge in [-0.25, -0.2) is 4.79 Å². The topological polar surface area (TPSA) is 101 Å². The number of ether oxygens (including phenoxy) is 1. The summed E-state index contributed by atoms with van der Waals surface area (Å²) in [6.45, 7) is 0. The summed E-state index contributed by atoms with van der Waals surface area (Å²) in [7, 11) is -4.29. The molecule has 0 radical (unpaired) electrons. The maximum Gasteiger partial charge on any atom is 0.345 e. The van der Waals surface area contributed by atoms with Crippen LogP contribution in [0.1, 0.15) is 10.4 Å². The maximum absolute atomic E-state index is 12.2. The molecule has 2 aromatic rings. The van der Waals surface area contributed by atoms with Gasteiger partial charge in [0.05, 0.1) is 10.5 Å². The quantitative estimate of drug-likeness (QED) is 0.266. The number of phenols is 1. The van der Waals surface area contributed by atoms with Crippen LogP contribution in [0.3, 0.4) is 0 Å². The summed E-state index contributed by atoms with van der Waals surface area (Å²) in [4.78, 5) is 11.9. The molecule has 0 bridgehead atoms. The highest BCUT2D eigenvalue weighted by molar-refractivity contribution is 14.1. The van der Waals surface area contributed by atoms with E-state index in [0.717, 1.165) is 12.1 Å². The number of halogens is 2. The zero-order valence-corrected chi connectivity index (χ0v) is 15.8. The fourth-order valence-electron chi connectivity index (χ4n) is 1.59. The summed E-state index contributed by atoms with van der Waals surface area (Å²) < 4.78 is 37.0.